The normalized spacial score (nSPS) is 11.2. The molecule has 3 aromatic rings. The highest BCUT2D eigenvalue weighted by Crippen LogP contribution is 2.33. The molecule has 1 aromatic carbocycles. The zero-order valence-corrected chi connectivity index (χ0v) is 19.7. The highest BCUT2D eigenvalue weighted by molar-refractivity contribution is 7.13. The van der Waals surface area contributed by atoms with Gasteiger partial charge in [-0.3, -0.25) is 9.59 Å². The van der Waals surface area contributed by atoms with Crippen LogP contribution in [0.5, 0.6) is 5.75 Å². The molecule has 4 N–H and O–H groups in total. The summed E-state index contributed by atoms with van der Waals surface area (Å²) in [6.45, 7) is 6.81. The van der Waals surface area contributed by atoms with Crippen LogP contribution in [0.25, 0.3) is 21.3 Å². The summed E-state index contributed by atoms with van der Waals surface area (Å²) in [6.07, 6.45) is 0.547. The molecule has 0 unspecified atom stereocenters. The van der Waals surface area contributed by atoms with Crippen molar-refractivity contribution in [3.8, 4) is 16.3 Å². The Balaban J connectivity index is 2.26. The average Bonchev–Trinajstić information content (AvgIpc) is 3.26. The van der Waals surface area contributed by atoms with Gasteiger partial charge < -0.3 is 25.5 Å². The van der Waals surface area contributed by atoms with Crippen molar-refractivity contribution in [2.75, 3.05) is 6.61 Å². The number of unbranched alkanes of at least 4 members (excludes halogenated alkanes) is 1. The van der Waals surface area contributed by atoms with Crippen molar-refractivity contribution in [1.82, 2.24) is 14.9 Å². The molecule has 0 atom stereocenters. The van der Waals surface area contributed by atoms with E-state index in [-0.39, 0.29) is 23.7 Å². The Labute approximate surface area is 195 Å². The van der Waals surface area contributed by atoms with E-state index in [1.807, 2.05) is 20.8 Å². The number of carbonyl (C=O) groups excluding carboxylic acids is 1. The van der Waals surface area contributed by atoms with Crippen molar-refractivity contribution in [3.05, 3.63) is 45.3 Å². The van der Waals surface area contributed by atoms with Gasteiger partial charge in [0, 0.05) is 22.9 Å². The minimum Gasteiger partial charge on any atom is -0.491 e. The molecule has 3 rings (SSSR count). The van der Waals surface area contributed by atoms with Crippen molar-refractivity contribution >= 4 is 34.1 Å². The lowest BCUT2D eigenvalue weighted by Gasteiger charge is -2.21. The second-order valence-corrected chi connectivity index (χ2v) is 8.97. The van der Waals surface area contributed by atoms with Gasteiger partial charge in [-0.1, -0.05) is 33.3 Å². The molecule has 0 aliphatic carbocycles. The van der Waals surface area contributed by atoms with Gasteiger partial charge in [0.1, 0.15) is 16.5 Å². The number of hydrogen-bond acceptors (Lipinski definition) is 6. The summed E-state index contributed by atoms with van der Waals surface area (Å²) in [5.74, 6) is 0.0236. The smallest absolute Gasteiger partial charge is 0.404 e. The Morgan fingerprint density at radius 2 is 2.06 bits per heavy atom. The number of nitrogens with two attached hydrogens (primary N) is 1. The van der Waals surface area contributed by atoms with Crippen molar-refractivity contribution < 1.29 is 19.4 Å². The number of fused-ring (bicyclic) bond motifs is 1. The van der Waals surface area contributed by atoms with E-state index in [0.717, 1.165) is 12.8 Å². The van der Waals surface area contributed by atoms with Crippen LogP contribution in [0.15, 0.2) is 28.4 Å². The maximum Gasteiger partial charge on any atom is 0.404 e. The molecule has 10 heteroatoms. The SMILES string of the molecule is CCCCOc1c(CNC(=O)O)n(CC(C)C)c(=O)c2ccc(-c3nc(C(N)=O)cs3)cc12. The minimum absolute atomic E-state index is 0.0675. The summed E-state index contributed by atoms with van der Waals surface area (Å²) in [7, 11) is 0. The average molecular weight is 473 g/mol. The molecule has 2 aromatic heterocycles. The number of carboxylic acid groups (broad SMARTS) is 1. The number of ether oxygens (including phenoxy) is 1. The van der Waals surface area contributed by atoms with Crippen LogP contribution in [-0.4, -0.2) is 33.3 Å². The monoisotopic (exact) mass is 472 g/mol. The van der Waals surface area contributed by atoms with E-state index in [0.29, 0.717) is 45.9 Å². The number of nitrogens with one attached hydrogen (secondary N) is 1. The molecule has 0 spiro atoms. The van der Waals surface area contributed by atoms with Crippen LogP contribution >= 0.6 is 11.3 Å². The number of hydrogen-bond donors (Lipinski definition) is 3. The van der Waals surface area contributed by atoms with Gasteiger partial charge >= 0.3 is 6.09 Å². The summed E-state index contributed by atoms with van der Waals surface area (Å²) < 4.78 is 7.75. The van der Waals surface area contributed by atoms with E-state index < -0.39 is 12.0 Å². The van der Waals surface area contributed by atoms with Gasteiger partial charge in [-0.2, -0.15) is 0 Å². The lowest BCUT2D eigenvalue weighted by molar-refractivity contribution is 0.0996. The summed E-state index contributed by atoms with van der Waals surface area (Å²) in [5.41, 5.74) is 6.47. The molecule has 2 amide bonds. The predicted octanol–water partition coefficient (Wildman–Crippen LogP) is 3.83. The maximum absolute atomic E-state index is 13.4. The molecule has 0 aliphatic rings. The van der Waals surface area contributed by atoms with Crippen LogP contribution in [0, 0.1) is 5.92 Å². The highest BCUT2D eigenvalue weighted by Gasteiger charge is 2.21. The lowest BCUT2D eigenvalue weighted by Crippen LogP contribution is -2.31. The summed E-state index contributed by atoms with van der Waals surface area (Å²) in [4.78, 5) is 40.4. The fraction of sp³-hybridized carbons (Fsp3) is 0.391. The number of nitrogens with zero attached hydrogens (tertiary/aromatic N) is 2. The van der Waals surface area contributed by atoms with E-state index in [4.69, 9.17) is 10.5 Å². The second-order valence-electron chi connectivity index (χ2n) is 8.11. The Morgan fingerprint density at radius 1 is 1.30 bits per heavy atom. The molecular weight excluding hydrogens is 444 g/mol. The number of thiazole rings is 1. The number of pyridine rings is 1. The molecule has 176 valence electrons. The maximum atomic E-state index is 13.4. The first kappa shape index (κ1) is 24.2. The zero-order chi connectivity index (χ0) is 24.1. The molecule has 0 fully saturated rings. The number of benzene rings is 1. The molecular formula is C23H28N4O5S. The van der Waals surface area contributed by atoms with Gasteiger partial charge in [-0.25, -0.2) is 9.78 Å². The topological polar surface area (TPSA) is 137 Å². The molecule has 9 nitrogen and oxygen atoms in total. The van der Waals surface area contributed by atoms with E-state index in [1.165, 1.54) is 11.3 Å². The van der Waals surface area contributed by atoms with Crippen LogP contribution in [0.4, 0.5) is 4.79 Å². The number of carbonyl (C=O) groups is 2. The second kappa shape index (κ2) is 10.5. The molecule has 2 heterocycles. The zero-order valence-electron chi connectivity index (χ0n) is 18.9. The molecule has 0 aliphatic heterocycles. The largest absolute Gasteiger partial charge is 0.491 e. The summed E-state index contributed by atoms with van der Waals surface area (Å²) in [5, 5.41) is 14.8. The van der Waals surface area contributed by atoms with Crippen LogP contribution < -0.4 is 21.3 Å². The lowest BCUT2D eigenvalue weighted by atomic mass is 10.0. The third kappa shape index (κ3) is 5.51. The fourth-order valence-electron chi connectivity index (χ4n) is 3.49. The molecule has 33 heavy (non-hydrogen) atoms. The van der Waals surface area contributed by atoms with Gasteiger partial charge in [0.05, 0.1) is 24.2 Å². The van der Waals surface area contributed by atoms with Crippen molar-refractivity contribution in [2.24, 2.45) is 11.7 Å². The third-order valence-corrected chi connectivity index (χ3v) is 5.92. The number of primary amides is 1. The minimum atomic E-state index is -1.19. The first-order valence-electron chi connectivity index (χ1n) is 10.8. The Kier molecular flexibility index (Phi) is 7.70. The van der Waals surface area contributed by atoms with Crippen LogP contribution in [0.1, 0.15) is 49.8 Å². The first-order valence-corrected chi connectivity index (χ1v) is 11.7. The highest BCUT2D eigenvalue weighted by atomic mass is 32.1. The third-order valence-electron chi connectivity index (χ3n) is 5.03. The number of amides is 2. The van der Waals surface area contributed by atoms with E-state index in [2.05, 4.69) is 10.3 Å². The molecule has 0 bridgehead atoms. The summed E-state index contributed by atoms with van der Waals surface area (Å²) in [6, 6.07) is 5.29. The molecule has 0 saturated heterocycles. The van der Waals surface area contributed by atoms with E-state index in [1.54, 1.807) is 28.1 Å². The summed E-state index contributed by atoms with van der Waals surface area (Å²) >= 11 is 1.27. The van der Waals surface area contributed by atoms with E-state index in [9.17, 15) is 19.5 Å². The van der Waals surface area contributed by atoms with Gasteiger partial charge in [-0.15, -0.1) is 11.3 Å². The van der Waals surface area contributed by atoms with Gasteiger partial charge in [-0.05, 0) is 24.5 Å². The Morgan fingerprint density at radius 3 is 2.67 bits per heavy atom. The van der Waals surface area contributed by atoms with Crippen molar-refractivity contribution in [1.29, 1.82) is 0 Å². The van der Waals surface area contributed by atoms with Gasteiger partial charge in [0.15, 0.2) is 0 Å². The molecule has 0 saturated carbocycles. The Bertz CT molecular complexity index is 1230. The van der Waals surface area contributed by atoms with Crippen LogP contribution in [0.3, 0.4) is 0 Å². The number of rotatable bonds is 10. The van der Waals surface area contributed by atoms with E-state index >= 15 is 0 Å². The first-order chi connectivity index (χ1) is 15.7. The van der Waals surface area contributed by atoms with Crippen LogP contribution in [-0.2, 0) is 13.1 Å². The number of aromatic nitrogens is 2. The van der Waals surface area contributed by atoms with Gasteiger partial charge in [0.25, 0.3) is 11.5 Å². The fourth-order valence-corrected chi connectivity index (χ4v) is 4.30. The van der Waals surface area contributed by atoms with Crippen molar-refractivity contribution in [2.45, 2.75) is 46.7 Å². The van der Waals surface area contributed by atoms with Crippen LogP contribution in [0.2, 0.25) is 0 Å². The predicted molar refractivity (Wildman–Crippen MR) is 128 cm³/mol. The Hall–Kier alpha value is -3.40. The van der Waals surface area contributed by atoms with Crippen molar-refractivity contribution in [3.63, 3.8) is 0 Å². The standard InChI is InChI=1S/C23H28N4O5S/c1-4-5-8-32-19-16-9-14(21-26-17(12-33-21)20(24)28)6-7-15(16)22(29)27(11-13(2)3)18(19)10-25-23(30)31/h6-7,9,12-13,25H,4-5,8,10-11H2,1-3H3,(H2,24,28)(H,30,31). The quantitative estimate of drug-likeness (QED) is 0.384. The molecule has 0 radical (unpaired) electrons. The van der Waals surface area contributed by atoms with Gasteiger partial charge in [0.2, 0.25) is 0 Å².